The minimum Gasteiger partial charge on any atom is -0.491 e. The molecule has 160 valence electrons. The summed E-state index contributed by atoms with van der Waals surface area (Å²) in [5.41, 5.74) is 3.01. The number of nitriles is 2. The molecule has 0 spiro atoms. The van der Waals surface area contributed by atoms with Gasteiger partial charge in [0.25, 0.3) is 0 Å². The molecule has 0 bridgehead atoms. The van der Waals surface area contributed by atoms with Gasteiger partial charge in [-0.25, -0.2) is 15.0 Å². The summed E-state index contributed by atoms with van der Waals surface area (Å²) < 4.78 is 5.44. The number of anilines is 1. The lowest BCUT2D eigenvalue weighted by molar-refractivity contribution is 0.201. The zero-order chi connectivity index (χ0) is 22.3. The van der Waals surface area contributed by atoms with Gasteiger partial charge in [0.1, 0.15) is 47.2 Å². The molecule has 0 amide bonds. The van der Waals surface area contributed by atoms with E-state index in [1.807, 2.05) is 12.1 Å². The number of pyridine rings is 1. The molecular weight excluding hydrogens is 424 g/mol. The van der Waals surface area contributed by atoms with E-state index in [2.05, 4.69) is 27.0 Å². The van der Waals surface area contributed by atoms with Crippen LogP contribution in [0.2, 0.25) is 0 Å². The van der Waals surface area contributed by atoms with Crippen LogP contribution in [0.15, 0.2) is 48.0 Å². The van der Waals surface area contributed by atoms with Gasteiger partial charge in [0.05, 0.1) is 12.2 Å². The van der Waals surface area contributed by atoms with Crippen molar-refractivity contribution in [2.45, 2.75) is 17.2 Å². The molecule has 8 nitrogen and oxygen atoms in total. The maximum absolute atomic E-state index is 10.0. The second kappa shape index (κ2) is 10.1. The number of ether oxygens (including phenoxy) is 1. The van der Waals surface area contributed by atoms with Crippen LogP contribution in [0.1, 0.15) is 23.1 Å². The van der Waals surface area contributed by atoms with Crippen LogP contribution in [0.3, 0.4) is 0 Å². The van der Waals surface area contributed by atoms with Gasteiger partial charge in [0, 0.05) is 36.8 Å². The van der Waals surface area contributed by atoms with E-state index in [4.69, 9.17) is 14.8 Å². The molecule has 0 unspecified atom stereocenters. The number of hydrogen-bond donors (Lipinski definition) is 1. The van der Waals surface area contributed by atoms with Crippen LogP contribution in [-0.4, -0.2) is 46.4 Å². The Balaban J connectivity index is 1.79. The molecule has 0 radical (unpaired) electrons. The molecule has 0 atom stereocenters. The zero-order valence-electron chi connectivity index (χ0n) is 17.2. The Labute approximate surface area is 190 Å². The Hall–Kier alpha value is -3.66. The van der Waals surface area contributed by atoms with Crippen LogP contribution in [0.25, 0.3) is 11.1 Å². The molecule has 2 aromatic heterocycles. The minimum atomic E-state index is -0.0739. The lowest BCUT2D eigenvalue weighted by Gasteiger charge is -2.33. The Morgan fingerprint density at radius 2 is 1.78 bits per heavy atom. The van der Waals surface area contributed by atoms with Gasteiger partial charge in [-0.15, -0.1) is 11.8 Å². The predicted molar refractivity (Wildman–Crippen MR) is 120 cm³/mol. The van der Waals surface area contributed by atoms with Gasteiger partial charge in [-0.2, -0.15) is 10.5 Å². The van der Waals surface area contributed by atoms with Gasteiger partial charge in [0.15, 0.2) is 0 Å². The number of benzene rings is 1. The molecule has 0 saturated carbocycles. The smallest absolute Gasteiger partial charge is 0.148 e. The average molecular weight is 445 g/mol. The van der Waals surface area contributed by atoms with Crippen molar-refractivity contribution in [3.63, 3.8) is 0 Å². The van der Waals surface area contributed by atoms with Crippen LogP contribution in [-0.2, 0) is 5.75 Å². The highest BCUT2D eigenvalue weighted by Crippen LogP contribution is 2.39. The van der Waals surface area contributed by atoms with Crippen molar-refractivity contribution in [1.29, 1.82) is 10.5 Å². The number of thioether (sulfide) groups is 1. The first-order chi connectivity index (χ1) is 15.7. The van der Waals surface area contributed by atoms with Crippen molar-refractivity contribution in [1.82, 2.24) is 15.0 Å². The van der Waals surface area contributed by atoms with Crippen molar-refractivity contribution in [2.75, 3.05) is 31.2 Å². The highest BCUT2D eigenvalue weighted by Gasteiger charge is 2.27. The summed E-state index contributed by atoms with van der Waals surface area (Å²) >= 11 is 1.43. The van der Waals surface area contributed by atoms with Crippen LogP contribution in [0.5, 0.6) is 5.75 Å². The summed E-state index contributed by atoms with van der Waals surface area (Å²) in [6.45, 7) is 1.79. The van der Waals surface area contributed by atoms with E-state index in [0.29, 0.717) is 39.0 Å². The largest absolute Gasteiger partial charge is 0.491 e. The molecule has 1 N–H and O–H groups in total. The molecule has 9 heteroatoms. The number of nitrogens with zero attached hydrogens (tertiary/aromatic N) is 6. The fraction of sp³-hybridized carbons (Fsp3) is 0.261. The van der Waals surface area contributed by atoms with Crippen molar-refractivity contribution < 1.29 is 9.84 Å². The Kier molecular flexibility index (Phi) is 6.81. The molecule has 3 heterocycles. The average Bonchev–Trinajstić information content (AvgIpc) is 2.80. The van der Waals surface area contributed by atoms with E-state index >= 15 is 0 Å². The Morgan fingerprint density at radius 3 is 2.38 bits per heavy atom. The van der Waals surface area contributed by atoms with Gasteiger partial charge in [-0.3, -0.25) is 0 Å². The summed E-state index contributed by atoms with van der Waals surface area (Å²) in [6, 6.07) is 11.7. The highest BCUT2D eigenvalue weighted by molar-refractivity contribution is 7.98. The van der Waals surface area contributed by atoms with E-state index in [9.17, 15) is 10.5 Å². The van der Waals surface area contributed by atoms with Gasteiger partial charge >= 0.3 is 0 Å². The quantitative estimate of drug-likeness (QED) is 0.522. The summed E-state index contributed by atoms with van der Waals surface area (Å²) in [5.74, 6) is 1.78. The van der Waals surface area contributed by atoms with Crippen molar-refractivity contribution in [3.05, 3.63) is 59.7 Å². The summed E-state index contributed by atoms with van der Waals surface area (Å²) in [5, 5.41) is 29.6. The third kappa shape index (κ3) is 4.50. The number of hydrogen-bond acceptors (Lipinski definition) is 9. The van der Waals surface area contributed by atoms with E-state index in [1.165, 1.54) is 18.1 Å². The second-order valence-electron chi connectivity index (χ2n) is 7.06. The van der Waals surface area contributed by atoms with E-state index in [1.54, 1.807) is 24.5 Å². The van der Waals surface area contributed by atoms with Crippen LogP contribution >= 0.6 is 11.8 Å². The third-order valence-electron chi connectivity index (χ3n) is 5.02. The molecule has 0 aliphatic carbocycles. The Bertz CT molecular complexity index is 1170. The number of aliphatic hydroxyl groups excluding tert-OH is 1. The number of aromatic nitrogens is 3. The third-order valence-corrected chi connectivity index (χ3v) is 6.06. The van der Waals surface area contributed by atoms with Gasteiger partial charge in [-0.05, 0) is 29.7 Å². The summed E-state index contributed by atoms with van der Waals surface area (Å²) in [4.78, 5) is 14.9. The van der Waals surface area contributed by atoms with Crippen molar-refractivity contribution >= 4 is 17.6 Å². The van der Waals surface area contributed by atoms with Crippen molar-refractivity contribution in [3.8, 4) is 29.0 Å². The highest BCUT2D eigenvalue weighted by atomic mass is 32.2. The molecule has 1 aliphatic heterocycles. The molecule has 1 aromatic carbocycles. The van der Waals surface area contributed by atoms with Gasteiger partial charge in [-0.1, -0.05) is 12.1 Å². The van der Waals surface area contributed by atoms with Gasteiger partial charge in [0.2, 0.25) is 0 Å². The first kappa shape index (κ1) is 21.6. The first-order valence-electron chi connectivity index (χ1n) is 10.1. The normalized spacial score (nSPS) is 12.5. The molecule has 4 rings (SSSR count). The summed E-state index contributed by atoms with van der Waals surface area (Å²) in [6.07, 6.45) is 5.99. The molecule has 1 aliphatic rings. The predicted octanol–water partition coefficient (Wildman–Crippen LogP) is 3.16. The van der Waals surface area contributed by atoms with E-state index in [0.717, 1.165) is 30.6 Å². The maximum atomic E-state index is 10.0. The van der Waals surface area contributed by atoms with Crippen LogP contribution in [0.4, 0.5) is 5.82 Å². The molecule has 32 heavy (non-hydrogen) atoms. The first-order valence-corrected chi connectivity index (χ1v) is 11.1. The fourth-order valence-corrected chi connectivity index (χ4v) is 4.24. The maximum Gasteiger partial charge on any atom is 0.148 e. The molecule has 1 fully saturated rings. The fourth-order valence-electron chi connectivity index (χ4n) is 3.35. The lowest BCUT2D eigenvalue weighted by Crippen LogP contribution is -2.38. The van der Waals surface area contributed by atoms with Crippen LogP contribution < -0.4 is 9.64 Å². The Morgan fingerprint density at radius 1 is 1.06 bits per heavy atom. The minimum absolute atomic E-state index is 0.0739. The molecule has 3 aromatic rings. The zero-order valence-corrected chi connectivity index (χ0v) is 18.0. The number of rotatable bonds is 8. The monoisotopic (exact) mass is 444 g/mol. The van der Waals surface area contributed by atoms with E-state index < -0.39 is 0 Å². The second-order valence-corrected chi connectivity index (χ2v) is 8.03. The standard InChI is InChI=1S/C23H20N6O2S/c24-10-19-21(17-2-4-18(5-3-17)31-9-8-30)20(11-25)23(28-22(19)29-6-1-7-29)32-14-16-12-26-15-27-13-16/h2-5,12-13,15,30H,1,6-9,14H2. The topological polar surface area (TPSA) is 119 Å². The van der Waals surface area contributed by atoms with Gasteiger partial charge < -0.3 is 14.7 Å². The molecular formula is C23H20N6O2S. The summed E-state index contributed by atoms with van der Waals surface area (Å²) in [7, 11) is 0. The SMILES string of the molecule is N#Cc1c(SCc2cncnc2)nc(N2CCC2)c(C#N)c1-c1ccc(OCCO)cc1. The van der Waals surface area contributed by atoms with E-state index in [-0.39, 0.29) is 13.2 Å². The van der Waals surface area contributed by atoms with Crippen LogP contribution in [0, 0.1) is 22.7 Å². The van der Waals surface area contributed by atoms with Crippen molar-refractivity contribution in [2.24, 2.45) is 0 Å². The number of aliphatic hydroxyl groups is 1. The molecule has 1 saturated heterocycles. The lowest BCUT2D eigenvalue weighted by atomic mass is 9.96.